The second-order valence-corrected chi connectivity index (χ2v) is 10.2. The van der Waals surface area contributed by atoms with Gasteiger partial charge in [-0.3, -0.25) is 14.4 Å². The number of ether oxygens (including phenoxy) is 1. The van der Waals surface area contributed by atoms with Gasteiger partial charge in [-0.1, -0.05) is 84.5 Å². The molecule has 0 saturated heterocycles. The predicted molar refractivity (Wildman–Crippen MR) is 149 cm³/mol. The Bertz CT molecular complexity index is 642. The smallest absolute Gasteiger partial charge is 0.328 e. The molecule has 0 radical (unpaired) electrons. The van der Waals surface area contributed by atoms with Gasteiger partial charge in [0.25, 0.3) is 0 Å². The zero-order valence-corrected chi connectivity index (χ0v) is 23.9. The molecule has 0 aromatic carbocycles. The van der Waals surface area contributed by atoms with Gasteiger partial charge in [0, 0.05) is 12.8 Å². The molecule has 0 aromatic heterocycles. The van der Waals surface area contributed by atoms with Crippen LogP contribution in [0.4, 0.5) is 0 Å². The average Bonchev–Trinajstić information content (AvgIpc) is 2.89. The minimum Gasteiger partial charge on any atom is -0.480 e. The molecule has 9 heteroatoms. The number of aliphatic hydroxyl groups excluding tert-OH is 1. The third-order valence-electron chi connectivity index (χ3n) is 6.60. The van der Waals surface area contributed by atoms with Crippen molar-refractivity contribution in [2.45, 2.75) is 148 Å². The molecule has 2 amide bonds. The first kappa shape index (κ1) is 35.8. The normalized spacial score (nSPS) is 12.5. The number of carbonyl (C=O) groups is 4. The maximum absolute atomic E-state index is 12.4. The van der Waals surface area contributed by atoms with Crippen molar-refractivity contribution in [1.29, 1.82) is 0 Å². The summed E-state index contributed by atoms with van der Waals surface area (Å²) in [6, 6.07) is -1.39. The Morgan fingerprint density at radius 1 is 0.684 bits per heavy atom. The number of aliphatic carboxylic acids is 1. The molecule has 0 aliphatic rings. The summed E-state index contributed by atoms with van der Waals surface area (Å²) in [6.07, 6.45) is 18.8. The zero-order chi connectivity index (χ0) is 28.4. The summed E-state index contributed by atoms with van der Waals surface area (Å²) in [5.74, 6) is -2.39. The van der Waals surface area contributed by atoms with Gasteiger partial charge in [0.05, 0.1) is 13.2 Å². The van der Waals surface area contributed by atoms with E-state index in [9.17, 15) is 19.2 Å². The Kier molecular flexibility index (Phi) is 23.7. The lowest BCUT2D eigenvalue weighted by Crippen LogP contribution is -2.47. The van der Waals surface area contributed by atoms with Gasteiger partial charge in [0.1, 0.15) is 12.1 Å². The van der Waals surface area contributed by atoms with Gasteiger partial charge in [-0.15, -0.1) is 0 Å². The Morgan fingerprint density at radius 3 is 1.76 bits per heavy atom. The highest BCUT2D eigenvalue weighted by molar-refractivity contribution is 5.87. The van der Waals surface area contributed by atoms with Crippen molar-refractivity contribution in [3.05, 3.63) is 0 Å². The topological polar surface area (TPSA) is 142 Å². The Morgan fingerprint density at radius 2 is 1.18 bits per heavy atom. The minimum absolute atomic E-state index is 0.0705. The van der Waals surface area contributed by atoms with Crippen LogP contribution in [0.15, 0.2) is 0 Å². The van der Waals surface area contributed by atoms with E-state index < -0.39 is 24.5 Å². The summed E-state index contributed by atoms with van der Waals surface area (Å²) in [6.45, 7) is 3.32. The molecule has 0 aromatic rings. The maximum Gasteiger partial charge on any atom is 0.328 e. The fraction of sp³-hybridized carbons (Fsp3) is 0.862. The van der Waals surface area contributed by atoms with Gasteiger partial charge in [-0.05, 0) is 38.5 Å². The summed E-state index contributed by atoms with van der Waals surface area (Å²) in [5, 5.41) is 22.3. The molecule has 0 saturated carbocycles. The van der Waals surface area contributed by atoms with E-state index in [-0.39, 0.29) is 30.9 Å². The third-order valence-corrected chi connectivity index (χ3v) is 6.60. The second-order valence-electron chi connectivity index (χ2n) is 10.2. The van der Waals surface area contributed by atoms with Crippen LogP contribution in [0.3, 0.4) is 0 Å². The van der Waals surface area contributed by atoms with Crippen LogP contribution in [0.5, 0.6) is 0 Å². The summed E-state index contributed by atoms with van der Waals surface area (Å²) in [7, 11) is 0. The SMILES string of the molecule is CCCCCCCCCCCC(=O)OC(CCCCC)CCCCCC(=O)NCC(=O)NC(CO)C(=O)O. The monoisotopic (exact) mass is 542 g/mol. The van der Waals surface area contributed by atoms with Crippen LogP contribution in [0, 0.1) is 0 Å². The highest BCUT2D eigenvalue weighted by Crippen LogP contribution is 2.17. The Balaban J connectivity index is 4.08. The molecular weight excluding hydrogens is 488 g/mol. The van der Waals surface area contributed by atoms with E-state index in [1.54, 1.807) is 0 Å². The molecule has 0 heterocycles. The average molecular weight is 543 g/mol. The molecule has 222 valence electrons. The number of hydrogen-bond acceptors (Lipinski definition) is 6. The number of rotatable bonds is 26. The summed E-state index contributed by atoms with van der Waals surface area (Å²) >= 11 is 0. The second kappa shape index (κ2) is 25.1. The first-order valence-corrected chi connectivity index (χ1v) is 14.9. The highest BCUT2D eigenvalue weighted by atomic mass is 16.5. The van der Waals surface area contributed by atoms with Crippen LogP contribution in [-0.4, -0.2) is 59.3 Å². The van der Waals surface area contributed by atoms with Crippen molar-refractivity contribution in [1.82, 2.24) is 10.6 Å². The molecule has 0 aliphatic heterocycles. The maximum atomic E-state index is 12.4. The quantitative estimate of drug-likeness (QED) is 0.0887. The van der Waals surface area contributed by atoms with E-state index in [0.29, 0.717) is 12.8 Å². The number of carboxylic acids is 1. The molecule has 0 bridgehead atoms. The van der Waals surface area contributed by atoms with E-state index in [1.807, 2.05) is 0 Å². The lowest BCUT2D eigenvalue weighted by atomic mass is 10.0. The number of hydrogen-bond donors (Lipinski definition) is 4. The molecule has 38 heavy (non-hydrogen) atoms. The van der Waals surface area contributed by atoms with Crippen LogP contribution in [0.1, 0.15) is 136 Å². The molecule has 2 unspecified atom stereocenters. The standard InChI is InChI=1S/C29H54N2O7/c1-3-5-7-8-9-10-11-12-17-21-28(35)38-24(18-14-6-4-2)19-15-13-16-20-26(33)30-22-27(34)31-25(23-32)29(36)37/h24-25,32H,3-23H2,1-2H3,(H,30,33)(H,31,34)(H,36,37). The first-order chi connectivity index (χ1) is 18.3. The summed E-state index contributed by atoms with van der Waals surface area (Å²) in [5.41, 5.74) is 0. The lowest BCUT2D eigenvalue weighted by Gasteiger charge is -2.18. The number of aliphatic hydroxyl groups is 1. The number of amides is 2. The molecule has 0 aliphatic carbocycles. The van der Waals surface area contributed by atoms with Gasteiger partial charge in [0.2, 0.25) is 11.8 Å². The molecule has 9 nitrogen and oxygen atoms in total. The van der Waals surface area contributed by atoms with Crippen molar-refractivity contribution in [3.8, 4) is 0 Å². The molecule has 4 N–H and O–H groups in total. The van der Waals surface area contributed by atoms with Crippen molar-refractivity contribution < 1.29 is 34.1 Å². The zero-order valence-electron chi connectivity index (χ0n) is 23.9. The van der Waals surface area contributed by atoms with E-state index in [4.69, 9.17) is 14.9 Å². The van der Waals surface area contributed by atoms with Crippen LogP contribution in [0.25, 0.3) is 0 Å². The predicted octanol–water partition coefficient (Wildman–Crippen LogP) is 5.03. The van der Waals surface area contributed by atoms with Crippen molar-refractivity contribution >= 4 is 23.8 Å². The van der Waals surface area contributed by atoms with Gasteiger partial charge in [-0.25, -0.2) is 4.79 Å². The van der Waals surface area contributed by atoms with Crippen molar-refractivity contribution in [2.75, 3.05) is 13.2 Å². The Hall–Kier alpha value is -2.16. The third kappa shape index (κ3) is 21.9. The van der Waals surface area contributed by atoms with E-state index in [0.717, 1.165) is 57.8 Å². The van der Waals surface area contributed by atoms with Crippen LogP contribution in [0.2, 0.25) is 0 Å². The van der Waals surface area contributed by atoms with E-state index >= 15 is 0 Å². The number of nitrogens with one attached hydrogen (secondary N) is 2. The fourth-order valence-electron chi connectivity index (χ4n) is 4.24. The van der Waals surface area contributed by atoms with Crippen LogP contribution in [-0.2, 0) is 23.9 Å². The van der Waals surface area contributed by atoms with Crippen LogP contribution >= 0.6 is 0 Å². The van der Waals surface area contributed by atoms with Crippen molar-refractivity contribution in [2.24, 2.45) is 0 Å². The number of esters is 1. The van der Waals surface area contributed by atoms with E-state index in [1.165, 1.54) is 44.9 Å². The molecule has 2 atom stereocenters. The highest BCUT2D eigenvalue weighted by Gasteiger charge is 2.19. The summed E-state index contributed by atoms with van der Waals surface area (Å²) < 4.78 is 5.80. The van der Waals surface area contributed by atoms with Crippen molar-refractivity contribution in [3.63, 3.8) is 0 Å². The molecule has 0 fully saturated rings. The lowest BCUT2D eigenvalue weighted by molar-refractivity contribution is -0.150. The number of unbranched alkanes of at least 4 members (excludes halogenated alkanes) is 12. The Labute approximate surface area is 229 Å². The summed E-state index contributed by atoms with van der Waals surface area (Å²) in [4.78, 5) is 46.8. The molecular formula is C29H54N2O7. The number of carboxylic acid groups (broad SMARTS) is 1. The van der Waals surface area contributed by atoms with Gasteiger partial charge >= 0.3 is 11.9 Å². The van der Waals surface area contributed by atoms with Gasteiger partial charge in [0.15, 0.2) is 0 Å². The van der Waals surface area contributed by atoms with Crippen LogP contribution < -0.4 is 10.6 Å². The van der Waals surface area contributed by atoms with Gasteiger partial charge < -0.3 is 25.6 Å². The molecule has 0 spiro atoms. The van der Waals surface area contributed by atoms with Gasteiger partial charge in [-0.2, -0.15) is 0 Å². The largest absolute Gasteiger partial charge is 0.480 e. The molecule has 0 rings (SSSR count). The van der Waals surface area contributed by atoms with E-state index in [2.05, 4.69) is 24.5 Å². The fourth-order valence-corrected chi connectivity index (χ4v) is 4.24. The first-order valence-electron chi connectivity index (χ1n) is 14.9. The minimum atomic E-state index is -1.39. The number of carbonyl (C=O) groups excluding carboxylic acids is 3.